The predicted molar refractivity (Wildman–Crippen MR) is 95.2 cm³/mol. The van der Waals surface area contributed by atoms with Crippen molar-refractivity contribution in [3.8, 4) is 0 Å². The van der Waals surface area contributed by atoms with Crippen LogP contribution in [0.4, 0.5) is 5.69 Å². The van der Waals surface area contributed by atoms with E-state index >= 15 is 0 Å². The molecule has 1 aliphatic carbocycles. The van der Waals surface area contributed by atoms with Crippen LogP contribution in [0.1, 0.15) is 43.4 Å². The van der Waals surface area contributed by atoms with E-state index in [4.69, 9.17) is 5.73 Å². The zero-order valence-electron chi connectivity index (χ0n) is 14.0. The number of hydrogen-bond acceptors (Lipinski definition) is 2. The van der Waals surface area contributed by atoms with Gasteiger partial charge in [0.15, 0.2) is 0 Å². The van der Waals surface area contributed by atoms with Crippen molar-refractivity contribution in [1.82, 2.24) is 9.47 Å². The second-order valence-electron chi connectivity index (χ2n) is 7.49. The normalized spacial score (nSPS) is 28.0. The number of fused-ring (bicyclic) bond motifs is 2. The van der Waals surface area contributed by atoms with Gasteiger partial charge in [0.2, 0.25) is 0 Å². The number of likely N-dealkylation sites (tertiary alicyclic amines) is 1. The Hall–Kier alpha value is -1.74. The molecule has 1 aromatic heterocycles. The first kappa shape index (κ1) is 14.8. The smallest absolute Gasteiger partial charge is 0.0389 e. The van der Waals surface area contributed by atoms with Gasteiger partial charge in [-0.05, 0) is 67.5 Å². The largest absolute Gasteiger partial charge is 0.399 e. The summed E-state index contributed by atoms with van der Waals surface area (Å²) in [6.07, 6.45) is 8.71. The highest BCUT2D eigenvalue weighted by atomic mass is 15.2. The number of anilines is 1. The molecule has 2 atom stereocenters. The Morgan fingerprint density at radius 1 is 1.22 bits per heavy atom. The van der Waals surface area contributed by atoms with Crippen LogP contribution in [0.2, 0.25) is 0 Å². The van der Waals surface area contributed by atoms with Crippen LogP contribution in [-0.4, -0.2) is 22.1 Å². The van der Waals surface area contributed by atoms with Crippen LogP contribution >= 0.6 is 0 Å². The molecule has 2 N–H and O–H groups in total. The lowest BCUT2D eigenvalue weighted by molar-refractivity contribution is 0.0445. The van der Waals surface area contributed by atoms with E-state index in [0.717, 1.165) is 12.2 Å². The number of hydrogen-bond donors (Lipinski definition) is 1. The van der Waals surface area contributed by atoms with Gasteiger partial charge < -0.3 is 10.3 Å². The molecule has 23 heavy (non-hydrogen) atoms. The molecule has 2 bridgehead atoms. The summed E-state index contributed by atoms with van der Waals surface area (Å²) in [5, 5.41) is 0. The molecule has 3 heteroatoms. The summed E-state index contributed by atoms with van der Waals surface area (Å²) in [4.78, 5) is 2.71. The third-order valence-electron chi connectivity index (χ3n) is 6.13. The number of piperidine rings is 1. The fourth-order valence-electron chi connectivity index (χ4n) is 4.76. The van der Waals surface area contributed by atoms with Crippen LogP contribution in [0.5, 0.6) is 0 Å². The lowest BCUT2D eigenvalue weighted by Gasteiger charge is -2.51. The highest BCUT2D eigenvalue weighted by Gasteiger charge is 2.43. The second kappa shape index (κ2) is 5.72. The molecule has 3 nitrogen and oxygen atoms in total. The van der Waals surface area contributed by atoms with E-state index in [0.29, 0.717) is 11.5 Å². The van der Waals surface area contributed by atoms with Crippen molar-refractivity contribution in [2.24, 2.45) is 7.05 Å². The second-order valence-corrected chi connectivity index (χ2v) is 7.49. The first-order valence-electron chi connectivity index (χ1n) is 8.87. The van der Waals surface area contributed by atoms with Crippen LogP contribution in [-0.2, 0) is 19.0 Å². The maximum absolute atomic E-state index is 6.05. The topological polar surface area (TPSA) is 34.2 Å². The Labute approximate surface area is 139 Å². The molecule has 1 saturated carbocycles. The van der Waals surface area contributed by atoms with Crippen LogP contribution in [0.3, 0.4) is 0 Å². The lowest BCUT2D eigenvalue weighted by Crippen LogP contribution is -2.51. The predicted octanol–water partition coefficient (Wildman–Crippen LogP) is 3.69. The fraction of sp³-hybridized carbons (Fsp3) is 0.500. The molecule has 4 rings (SSSR count). The minimum Gasteiger partial charge on any atom is -0.399 e. The molecule has 1 saturated heterocycles. The number of aryl methyl sites for hydroxylation is 1. The van der Waals surface area contributed by atoms with Crippen molar-refractivity contribution in [1.29, 1.82) is 0 Å². The SMILES string of the molecule is Cn1cccc1CN1CCC2(c3cccc(N)c3)CCCC1C2. The molecule has 2 fully saturated rings. The highest BCUT2D eigenvalue weighted by Crippen LogP contribution is 2.47. The molecular formula is C20H27N3. The standard InChI is InChI=1S/C20H27N3/c1-22-11-4-8-19(22)15-23-12-10-20(9-3-7-18(23)14-20)16-5-2-6-17(21)13-16/h2,4-6,8,11,13,18H,3,7,9-10,12,14-15,21H2,1H3. The van der Waals surface area contributed by atoms with E-state index in [1.165, 1.54) is 49.9 Å². The van der Waals surface area contributed by atoms with E-state index in [1.807, 2.05) is 6.07 Å². The molecule has 2 unspecified atom stereocenters. The van der Waals surface area contributed by atoms with Crippen molar-refractivity contribution in [2.75, 3.05) is 12.3 Å². The number of aromatic nitrogens is 1. The number of rotatable bonds is 3. The molecule has 0 radical (unpaired) electrons. The molecule has 122 valence electrons. The van der Waals surface area contributed by atoms with Crippen molar-refractivity contribution in [2.45, 2.75) is 50.1 Å². The molecule has 1 aromatic carbocycles. The zero-order valence-corrected chi connectivity index (χ0v) is 14.0. The van der Waals surface area contributed by atoms with E-state index in [9.17, 15) is 0 Å². The van der Waals surface area contributed by atoms with Gasteiger partial charge in [-0.15, -0.1) is 0 Å². The van der Waals surface area contributed by atoms with E-state index in [2.05, 4.69) is 53.0 Å². The van der Waals surface area contributed by atoms with Gasteiger partial charge in [-0.2, -0.15) is 0 Å². The Kier molecular flexibility index (Phi) is 3.68. The van der Waals surface area contributed by atoms with Gasteiger partial charge in [0.25, 0.3) is 0 Å². The molecule has 0 spiro atoms. The fourth-order valence-corrected chi connectivity index (χ4v) is 4.76. The quantitative estimate of drug-likeness (QED) is 0.877. The van der Waals surface area contributed by atoms with Gasteiger partial charge in [-0.3, -0.25) is 4.90 Å². The molecule has 2 heterocycles. The maximum Gasteiger partial charge on any atom is 0.0389 e. The lowest BCUT2D eigenvalue weighted by atomic mass is 9.63. The average molecular weight is 309 g/mol. The van der Waals surface area contributed by atoms with Gasteiger partial charge in [0, 0.05) is 37.2 Å². The van der Waals surface area contributed by atoms with Crippen LogP contribution < -0.4 is 5.73 Å². The van der Waals surface area contributed by atoms with Gasteiger partial charge in [-0.1, -0.05) is 18.6 Å². The van der Waals surface area contributed by atoms with E-state index in [1.54, 1.807) is 0 Å². The number of nitrogens with two attached hydrogens (primary N) is 1. The summed E-state index contributed by atoms with van der Waals surface area (Å²) < 4.78 is 2.25. The average Bonchev–Trinajstić information content (AvgIpc) is 2.96. The Morgan fingerprint density at radius 3 is 2.91 bits per heavy atom. The third kappa shape index (κ3) is 2.67. The molecule has 2 aliphatic rings. The summed E-state index contributed by atoms with van der Waals surface area (Å²) in [5.74, 6) is 0. The minimum absolute atomic E-state index is 0.364. The van der Waals surface area contributed by atoms with E-state index < -0.39 is 0 Å². The van der Waals surface area contributed by atoms with Crippen molar-refractivity contribution >= 4 is 5.69 Å². The molecule has 1 aliphatic heterocycles. The van der Waals surface area contributed by atoms with Crippen molar-refractivity contribution in [3.63, 3.8) is 0 Å². The van der Waals surface area contributed by atoms with Crippen LogP contribution in [0.25, 0.3) is 0 Å². The molecule has 0 amide bonds. The summed E-state index contributed by atoms with van der Waals surface area (Å²) >= 11 is 0. The summed E-state index contributed by atoms with van der Waals surface area (Å²) in [6, 6.07) is 13.8. The number of nitrogen functional groups attached to an aromatic ring is 1. The molecule has 2 aromatic rings. The zero-order chi connectivity index (χ0) is 15.9. The van der Waals surface area contributed by atoms with Crippen molar-refractivity contribution < 1.29 is 0 Å². The van der Waals surface area contributed by atoms with Gasteiger partial charge in [-0.25, -0.2) is 0 Å². The Morgan fingerprint density at radius 2 is 2.13 bits per heavy atom. The van der Waals surface area contributed by atoms with E-state index in [-0.39, 0.29) is 0 Å². The summed E-state index contributed by atoms with van der Waals surface area (Å²) in [5.41, 5.74) is 10.2. The third-order valence-corrected chi connectivity index (χ3v) is 6.13. The Bertz CT molecular complexity index is 690. The summed E-state index contributed by atoms with van der Waals surface area (Å²) in [7, 11) is 2.15. The van der Waals surface area contributed by atoms with Crippen molar-refractivity contribution in [3.05, 3.63) is 53.9 Å². The maximum atomic E-state index is 6.05. The van der Waals surface area contributed by atoms with Gasteiger partial charge >= 0.3 is 0 Å². The summed E-state index contributed by atoms with van der Waals surface area (Å²) in [6.45, 7) is 2.28. The van der Waals surface area contributed by atoms with Gasteiger partial charge in [0.1, 0.15) is 0 Å². The van der Waals surface area contributed by atoms with Crippen LogP contribution in [0.15, 0.2) is 42.6 Å². The monoisotopic (exact) mass is 309 g/mol. The van der Waals surface area contributed by atoms with Gasteiger partial charge in [0.05, 0.1) is 0 Å². The molecular weight excluding hydrogens is 282 g/mol. The number of benzene rings is 1. The van der Waals surface area contributed by atoms with Crippen LogP contribution in [0, 0.1) is 0 Å². The first-order valence-corrected chi connectivity index (χ1v) is 8.87. The number of nitrogens with zero attached hydrogens (tertiary/aromatic N) is 2. The first-order chi connectivity index (χ1) is 11.2. The highest BCUT2D eigenvalue weighted by molar-refractivity contribution is 5.44. The minimum atomic E-state index is 0.364. The Balaban J connectivity index is 1.55.